The van der Waals surface area contributed by atoms with Gasteiger partial charge in [-0.2, -0.15) is 4.31 Å². The van der Waals surface area contributed by atoms with Crippen LogP contribution in [0.15, 0.2) is 17.0 Å². The van der Waals surface area contributed by atoms with Gasteiger partial charge in [0.15, 0.2) is 5.82 Å². The Morgan fingerprint density at radius 2 is 2.10 bits per heavy atom. The standard InChI is InChI=1S/C13H17Cl2FN2O2S/c1-8-4-5-18(9(6-8)7-17)21(19,20)11-3-2-10(14)13(16)12(11)15/h2-3,8-9H,4-7,17H2,1H3. The van der Waals surface area contributed by atoms with Crippen LogP contribution in [0.25, 0.3) is 0 Å². The third-order valence-electron chi connectivity index (χ3n) is 3.78. The van der Waals surface area contributed by atoms with Gasteiger partial charge in [-0.3, -0.25) is 0 Å². The van der Waals surface area contributed by atoms with Crippen LogP contribution < -0.4 is 5.73 Å². The molecule has 0 aliphatic carbocycles. The van der Waals surface area contributed by atoms with Crippen LogP contribution in [0, 0.1) is 11.7 Å². The molecule has 2 rings (SSSR count). The van der Waals surface area contributed by atoms with E-state index in [0.29, 0.717) is 18.9 Å². The van der Waals surface area contributed by atoms with Gasteiger partial charge in [-0.05, 0) is 30.9 Å². The molecule has 8 heteroatoms. The molecule has 2 atom stereocenters. The predicted octanol–water partition coefficient (Wildman–Crippen LogP) is 2.88. The summed E-state index contributed by atoms with van der Waals surface area (Å²) in [7, 11) is -3.89. The first kappa shape index (κ1) is 17.0. The molecule has 118 valence electrons. The second-order valence-electron chi connectivity index (χ2n) is 5.31. The maximum Gasteiger partial charge on any atom is 0.244 e. The molecule has 21 heavy (non-hydrogen) atoms. The number of sulfonamides is 1. The maximum absolute atomic E-state index is 13.8. The number of hydrogen-bond donors (Lipinski definition) is 1. The summed E-state index contributed by atoms with van der Waals surface area (Å²) < 4.78 is 40.5. The minimum absolute atomic E-state index is 0.207. The number of halogens is 3. The minimum atomic E-state index is -3.89. The van der Waals surface area contributed by atoms with Crippen LogP contribution in [0.2, 0.25) is 10.0 Å². The van der Waals surface area contributed by atoms with E-state index in [1.54, 1.807) is 0 Å². The van der Waals surface area contributed by atoms with Gasteiger partial charge in [0.25, 0.3) is 0 Å². The Balaban J connectivity index is 2.44. The largest absolute Gasteiger partial charge is 0.329 e. The first-order valence-electron chi connectivity index (χ1n) is 6.64. The van der Waals surface area contributed by atoms with Crippen LogP contribution in [-0.2, 0) is 10.0 Å². The molecule has 0 saturated carbocycles. The Bertz CT molecular complexity index is 639. The van der Waals surface area contributed by atoms with E-state index in [1.807, 2.05) is 0 Å². The second kappa shape index (κ2) is 6.38. The number of nitrogens with zero attached hydrogens (tertiary/aromatic N) is 1. The number of piperidine rings is 1. The van der Waals surface area contributed by atoms with Crippen molar-refractivity contribution in [2.45, 2.75) is 30.7 Å². The van der Waals surface area contributed by atoms with Crippen LogP contribution in [0.1, 0.15) is 19.8 Å². The molecule has 2 N–H and O–H groups in total. The smallest absolute Gasteiger partial charge is 0.244 e. The van der Waals surface area contributed by atoms with Crippen molar-refractivity contribution in [2.24, 2.45) is 11.7 Å². The fourth-order valence-corrected chi connectivity index (χ4v) is 4.98. The van der Waals surface area contributed by atoms with Crippen LogP contribution >= 0.6 is 23.2 Å². The van der Waals surface area contributed by atoms with Crippen LogP contribution in [0.3, 0.4) is 0 Å². The van der Waals surface area contributed by atoms with Gasteiger partial charge in [-0.1, -0.05) is 30.1 Å². The van der Waals surface area contributed by atoms with Crippen molar-refractivity contribution in [3.05, 3.63) is 28.0 Å². The minimum Gasteiger partial charge on any atom is -0.329 e. The fraction of sp³-hybridized carbons (Fsp3) is 0.538. The third-order valence-corrected chi connectivity index (χ3v) is 6.55. The lowest BCUT2D eigenvalue weighted by atomic mass is 9.94. The summed E-state index contributed by atoms with van der Waals surface area (Å²) in [5.41, 5.74) is 5.69. The quantitative estimate of drug-likeness (QED) is 0.848. The molecule has 0 spiro atoms. The Morgan fingerprint density at radius 3 is 2.71 bits per heavy atom. The van der Waals surface area contributed by atoms with E-state index >= 15 is 0 Å². The summed E-state index contributed by atoms with van der Waals surface area (Å²) in [6, 6.07) is 2.13. The molecule has 1 aliphatic rings. The molecule has 1 fully saturated rings. The molecule has 0 amide bonds. The van der Waals surface area contributed by atoms with E-state index in [0.717, 1.165) is 6.42 Å². The molecular weight excluding hydrogens is 338 g/mol. The summed E-state index contributed by atoms with van der Waals surface area (Å²) in [4.78, 5) is -0.265. The van der Waals surface area contributed by atoms with E-state index in [2.05, 4.69) is 6.92 Å². The van der Waals surface area contributed by atoms with Crippen LogP contribution in [-0.4, -0.2) is 31.9 Å². The normalized spacial score (nSPS) is 24.2. The highest BCUT2D eigenvalue weighted by Gasteiger charge is 2.36. The highest BCUT2D eigenvalue weighted by atomic mass is 35.5. The van der Waals surface area contributed by atoms with E-state index in [1.165, 1.54) is 16.4 Å². The number of hydrogen-bond acceptors (Lipinski definition) is 3. The van der Waals surface area contributed by atoms with Gasteiger partial charge in [-0.25, -0.2) is 12.8 Å². The van der Waals surface area contributed by atoms with Gasteiger partial charge < -0.3 is 5.73 Å². The lowest BCUT2D eigenvalue weighted by molar-refractivity contribution is 0.211. The molecule has 0 radical (unpaired) electrons. The van der Waals surface area contributed by atoms with Crippen LogP contribution in [0.5, 0.6) is 0 Å². The van der Waals surface area contributed by atoms with Gasteiger partial charge in [-0.15, -0.1) is 0 Å². The van der Waals surface area contributed by atoms with Gasteiger partial charge >= 0.3 is 0 Å². The van der Waals surface area contributed by atoms with Crippen LogP contribution in [0.4, 0.5) is 4.39 Å². The summed E-state index contributed by atoms with van der Waals surface area (Å²) in [6.45, 7) is 2.63. The molecule has 2 unspecified atom stereocenters. The second-order valence-corrected chi connectivity index (χ2v) is 7.95. The summed E-state index contributed by atoms with van der Waals surface area (Å²) in [5, 5.41) is -0.682. The average molecular weight is 355 g/mol. The van der Waals surface area contributed by atoms with Gasteiger partial charge in [0.2, 0.25) is 10.0 Å². The van der Waals surface area contributed by atoms with Crippen molar-refractivity contribution in [2.75, 3.05) is 13.1 Å². The molecule has 1 aromatic rings. The van der Waals surface area contributed by atoms with E-state index in [4.69, 9.17) is 28.9 Å². The molecule has 0 aromatic heterocycles. The Morgan fingerprint density at radius 1 is 1.43 bits per heavy atom. The molecule has 4 nitrogen and oxygen atoms in total. The zero-order chi connectivity index (χ0) is 15.8. The number of nitrogens with two attached hydrogens (primary N) is 1. The van der Waals surface area contributed by atoms with Gasteiger partial charge in [0, 0.05) is 19.1 Å². The number of rotatable bonds is 3. The van der Waals surface area contributed by atoms with E-state index in [-0.39, 0.29) is 22.5 Å². The first-order chi connectivity index (χ1) is 9.78. The molecule has 0 bridgehead atoms. The lowest BCUT2D eigenvalue weighted by Gasteiger charge is -2.37. The zero-order valence-corrected chi connectivity index (χ0v) is 13.8. The van der Waals surface area contributed by atoms with Crippen molar-refractivity contribution in [1.29, 1.82) is 0 Å². The number of benzene rings is 1. The third kappa shape index (κ3) is 3.19. The van der Waals surface area contributed by atoms with E-state index < -0.39 is 20.9 Å². The Kier molecular flexibility index (Phi) is 5.15. The monoisotopic (exact) mass is 354 g/mol. The first-order valence-corrected chi connectivity index (χ1v) is 8.84. The highest BCUT2D eigenvalue weighted by Crippen LogP contribution is 2.34. The van der Waals surface area contributed by atoms with Crippen molar-refractivity contribution in [3.63, 3.8) is 0 Å². The Labute approximate surface area is 134 Å². The maximum atomic E-state index is 13.8. The van der Waals surface area contributed by atoms with Crippen molar-refractivity contribution in [1.82, 2.24) is 4.31 Å². The Hall–Kier alpha value is -0.400. The summed E-state index contributed by atoms with van der Waals surface area (Å²) >= 11 is 11.4. The van der Waals surface area contributed by atoms with E-state index in [9.17, 15) is 12.8 Å². The fourth-order valence-electron chi connectivity index (χ4n) is 2.59. The summed E-state index contributed by atoms with van der Waals surface area (Å²) in [6.07, 6.45) is 1.42. The SMILES string of the molecule is CC1CCN(S(=O)(=O)c2ccc(Cl)c(F)c2Cl)C(CN)C1. The molecule has 1 aromatic carbocycles. The van der Waals surface area contributed by atoms with Crippen molar-refractivity contribution in [3.8, 4) is 0 Å². The molecule has 1 heterocycles. The topological polar surface area (TPSA) is 63.4 Å². The molecule has 1 saturated heterocycles. The van der Waals surface area contributed by atoms with Gasteiger partial charge in [0.05, 0.1) is 10.0 Å². The predicted molar refractivity (Wildman–Crippen MR) is 81.6 cm³/mol. The van der Waals surface area contributed by atoms with Crippen molar-refractivity contribution >= 4 is 33.2 Å². The molecular formula is C13H17Cl2FN2O2S. The highest BCUT2D eigenvalue weighted by molar-refractivity contribution is 7.89. The van der Waals surface area contributed by atoms with Crippen molar-refractivity contribution < 1.29 is 12.8 Å². The van der Waals surface area contributed by atoms with Gasteiger partial charge in [0.1, 0.15) is 4.90 Å². The lowest BCUT2D eigenvalue weighted by Crippen LogP contribution is -2.49. The average Bonchev–Trinajstić information content (AvgIpc) is 2.44. The molecule has 1 aliphatic heterocycles. The summed E-state index contributed by atoms with van der Waals surface area (Å²) in [5.74, 6) is -0.517. The zero-order valence-electron chi connectivity index (χ0n) is 11.5.